The van der Waals surface area contributed by atoms with Crippen molar-refractivity contribution in [3.63, 3.8) is 0 Å². The van der Waals surface area contributed by atoms with E-state index >= 15 is 0 Å². The first-order chi connectivity index (χ1) is 9.88. The largest absolute Gasteiger partial charge is 0.417 e. The van der Waals surface area contributed by atoms with Gasteiger partial charge in [-0.05, 0) is 18.9 Å². The van der Waals surface area contributed by atoms with Gasteiger partial charge in [-0.3, -0.25) is 9.59 Å². The Hall–Kier alpha value is -1.79. The molecule has 1 saturated heterocycles. The highest BCUT2D eigenvalue weighted by Gasteiger charge is 2.31. The van der Waals surface area contributed by atoms with E-state index in [2.05, 4.69) is 0 Å². The number of rotatable bonds is 2. The lowest BCUT2D eigenvalue weighted by atomic mass is 10.2. The summed E-state index contributed by atoms with van der Waals surface area (Å²) in [6, 6.07) is 1.58. The second kappa shape index (κ2) is 6.32. The smallest absolute Gasteiger partial charge is 0.341 e. The molecule has 4 nitrogen and oxygen atoms in total. The Morgan fingerprint density at radius 1 is 1.10 bits per heavy atom. The minimum atomic E-state index is -4.53. The predicted molar refractivity (Wildman–Crippen MR) is 70.8 cm³/mol. The number of halogens is 3. The second-order valence-corrected chi connectivity index (χ2v) is 5.18. The summed E-state index contributed by atoms with van der Waals surface area (Å²) in [4.78, 5) is 25.4. The highest BCUT2D eigenvalue weighted by Crippen LogP contribution is 2.28. The van der Waals surface area contributed by atoms with Crippen LogP contribution in [0.5, 0.6) is 0 Å². The fourth-order valence-electron chi connectivity index (χ4n) is 2.39. The monoisotopic (exact) mass is 302 g/mol. The minimum Gasteiger partial charge on any atom is -0.341 e. The van der Waals surface area contributed by atoms with E-state index in [-0.39, 0.29) is 12.5 Å². The molecular weight excluding hydrogens is 285 g/mol. The zero-order valence-corrected chi connectivity index (χ0v) is 11.5. The van der Waals surface area contributed by atoms with Crippen molar-refractivity contribution in [2.24, 2.45) is 0 Å². The van der Waals surface area contributed by atoms with Crippen molar-refractivity contribution in [2.45, 2.75) is 38.4 Å². The Labute approximate surface area is 120 Å². The number of likely N-dealkylation sites (tertiary alicyclic amines) is 1. The van der Waals surface area contributed by atoms with Crippen LogP contribution in [0.4, 0.5) is 13.2 Å². The van der Waals surface area contributed by atoms with Gasteiger partial charge < -0.3 is 9.47 Å². The average molecular weight is 302 g/mol. The predicted octanol–water partition coefficient (Wildman–Crippen LogP) is 2.27. The first-order valence-corrected chi connectivity index (χ1v) is 6.93. The molecule has 0 N–H and O–H groups in total. The standard InChI is InChI=1S/C14H17F3N2O2/c15-14(16,17)11-5-6-12(20)19(9-11)10-13(21)18-7-3-1-2-4-8-18/h5-6,9H,1-4,7-8,10H2. The van der Waals surface area contributed by atoms with Gasteiger partial charge in [-0.2, -0.15) is 13.2 Å². The average Bonchev–Trinajstić information content (AvgIpc) is 2.68. The van der Waals surface area contributed by atoms with Gasteiger partial charge in [-0.1, -0.05) is 12.8 Å². The molecular formula is C14H17F3N2O2. The van der Waals surface area contributed by atoms with Gasteiger partial charge in [0, 0.05) is 25.4 Å². The number of carbonyl (C=O) groups is 1. The molecule has 1 aliphatic rings. The first-order valence-electron chi connectivity index (χ1n) is 6.93. The molecule has 0 bridgehead atoms. The molecule has 2 rings (SSSR count). The van der Waals surface area contributed by atoms with E-state index < -0.39 is 17.3 Å². The number of pyridine rings is 1. The van der Waals surface area contributed by atoms with E-state index in [0.717, 1.165) is 42.4 Å². The van der Waals surface area contributed by atoms with Crippen molar-refractivity contribution >= 4 is 5.91 Å². The van der Waals surface area contributed by atoms with Crippen LogP contribution in [0.15, 0.2) is 23.1 Å². The highest BCUT2D eigenvalue weighted by molar-refractivity contribution is 5.76. The normalized spacial score (nSPS) is 16.6. The fourth-order valence-corrected chi connectivity index (χ4v) is 2.39. The Bertz CT molecular complexity index is 558. The Kier molecular flexibility index (Phi) is 4.69. The molecule has 0 aromatic carbocycles. The second-order valence-electron chi connectivity index (χ2n) is 5.18. The molecule has 7 heteroatoms. The van der Waals surface area contributed by atoms with Crippen LogP contribution in [-0.2, 0) is 17.5 Å². The molecule has 0 atom stereocenters. The molecule has 1 aromatic heterocycles. The Balaban J connectivity index is 2.14. The molecule has 0 unspecified atom stereocenters. The number of alkyl halides is 3. The lowest BCUT2D eigenvalue weighted by molar-refractivity contribution is -0.138. The molecule has 1 aromatic rings. The number of hydrogen-bond donors (Lipinski definition) is 0. The quantitative estimate of drug-likeness (QED) is 0.841. The number of hydrogen-bond acceptors (Lipinski definition) is 2. The molecule has 2 heterocycles. The summed E-state index contributed by atoms with van der Waals surface area (Å²) >= 11 is 0. The van der Waals surface area contributed by atoms with Crippen LogP contribution >= 0.6 is 0 Å². The zero-order valence-electron chi connectivity index (χ0n) is 11.5. The maximum Gasteiger partial charge on any atom is 0.417 e. The summed E-state index contributed by atoms with van der Waals surface area (Å²) in [5, 5.41) is 0. The van der Waals surface area contributed by atoms with Gasteiger partial charge in [-0.25, -0.2) is 0 Å². The van der Waals surface area contributed by atoms with Gasteiger partial charge in [0.25, 0.3) is 5.56 Å². The molecule has 116 valence electrons. The van der Waals surface area contributed by atoms with Crippen LogP contribution in [0, 0.1) is 0 Å². The highest BCUT2D eigenvalue weighted by atomic mass is 19.4. The Morgan fingerprint density at radius 3 is 2.29 bits per heavy atom. The van der Waals surface area contributed by atoms with Crippen molar-refractivity contribution in [2.75, 3.05) is 13.1 Å². The molecule has 0 spiro atoms. The topological polar surface area (TPSA) is 42.3 Å². The summed E-state index contributed by atoms with van der Waals surface area (Å²) < 4.78 is 38.7. The van der Waals surface area contributed by atoms with Gasteiger partial charge in [0.15, 0.2) is 0 Å². The van der Waals surface area contributed by atoms with Crippen LogP contribution < -0.4 is 5.56 Å². The van der Waals surface area contributed by atoms with Gasteiger partial charge in [-0.15, -0.1) is 0 Å². The van der Waals surface area contributed by atoms with Crippen molar-refractivity contribution in [3.05, 3.63) is 34.2 Å². The maximum atomic E-state index is 12.6. The van der Waals surface area contributed by atoms with Crippen LogP contribution in [-0.4, -0.2) is 28.5 Å². The third-order valence-electron chi connectivity index (χ3n) is 3.58. The van der Waals surface area contributed by atoms with E-state index in [9.17, 15) is 22.8 Å². The molecule has 1 aliphatic heterocycles. The van der Waals surface area contributed by atoms with E-state index in [0.29, 0.717) is 19.3 Å². The van der Waals surface area contributed by atoms with Gasteiger partial charge in [0.1, 0.15) is 6.54 Å². The van der Waals surface area contributed by atoms with Gasteiger partial charge in [0.2, 0.25) is 5.91 Å². The summed E-state index contributed by atoms with van der Waals surface area (Å²) in [7, 11) is 0. The van der Waals surface area contributed by atoms with Crippen molar-refractivity contribution in [1.82, 2.24) is 9.47 Å². The van der Waals surface area contributed by atoms with Gasteiger partial charge >= 0.3 is 6.18 Å². The van der Waals surface area contributed by atoms with Crippen LogP contribution in [0.1, 0.15) is 31.2 Å². The Morgan fingerprint density at radius 2 is 1.71 bits per heavy atom. The third kappa shape index (κ3) is 4.09. The van der Waals surface area contributed by atoms with Crippen LogP contribution in [0.2, 0.25) is 0 Å². The molecule has 1 amide bonds. The molecule has 1 fully saturated rings. The summed E-state index contributed by atoms with van der Waals surface area (Å²) in [6.07, 6.45) is 0.0617. The summed E-state index contributed by atoms with van der Waals surface area (Å²) in [5.74, 6) is -0.307. The minimum absolute atomic E-state index is 0.307. The lowest BCUT2D eigenvalue weighted by Gasteiger charge is -2.21. The fraction of sp³-hybridized carbons (Fsp3) is 0.571. The lowest BCUT2D eigenvalue weighted by Crippen LogP contribution is -2.37. The van der Waals surface area contributed by atoms with Crippen LogP contribution in [0.25, 0.3) is 0 Å². The third-order valence-corrected chi connectivity index (χ3v) is 3.58. The molecule has 0 saturated carbocycles. The van der Waals surface area contributed by atoms with Crippen LogP contribution in [0.3, 0.4) is 0 Å². The molecule has 0 radical (unpaired) electrons. The first kappa shape index (κ1) is 15.6. The molecule has 21 heavy (non-hydrogen) atoms. The molecule has 0 aliphatic carbocycles. The summed E-state index contributed by atoms with van der Waals surface area (Å²) in [5.41, 5.74) is -1.53. The van der Waals surface area contributed by atoms with Crippen molar-refractivity contribution < 1.29 is 18.0 Å². The zero-order chi connectivity index (χ0) is 15.5. The number of amides is 1. The number of nitrogens with zero attached hydrogens (tertiary/aromatic N) is 2. The van der Waals surface area contributed by atoms with Crippen molar-refractivity contribution in [3.8, 4) is 0 Å². The van der Waals surface area contributed by atoms with Gasteiger partial charge in [0.05, 0.1) is 5.56 Å². The maximum absolute atomic E-state index is 12.6. The van der Waals surface area contributed by atoms with Crippen molar-refractivity contribution in [1.29, 1.82) is 0 Å². The van der Waals surface area contributed by atoms with E-state index in [1.165, 1.54) is 0 Å². The number of carbonyl (C=O) groups excluding carboxylic acids is 1. The SMILES string of the molecule is O=C(Cn1cc(C(F)(F)F)ccc1=O)N1CCCCCC1. The van der Waals surface area contributed by atoms with E-state index in [1.54, 1.807) is 4.90 Å². The number of aromatic nitrogens is 1. The van der Waals surface area contributed by atoms with E-state index in [4.69, 9.17) is 0 Å². The summed E-state index contributed by atoms with van der Waals surface area (Å²) in [6.45, 7) is 0.863. The van der Waals surface area contributed by atoms with E-state index in [1.807, 2.05) is 0 Å².